The van der Waals surface area contributed by atoms with E-state index in [-0.39, 0.29) is 24.5 Å². The van der Waals surface area contributed by atoms with E-state index in [4.69, 9.17) is 9.47 Å². The highest BCUT2D eigenvalue weighted by molar-refractivity contribution is 5.94. The topological polar surface area (TPSA) is 80.8 Å². The lowest BCUT2D eigenvalue weighted by molar-refractivity contribution is -0.126. The van der Waals surface area contributed by atoms with Crippen LogP contribution in [0.1, 0.15) is 39.7 Å². The molecule has 0 spiro atoms. The first-order valence-electron chi connectivity index (χ1n) is 12.8. The van der Waals surface area contributed by atoms with Gasteiger partial charge in [-0.1, -0.05) is 43.3 Å². The molecule has 0 saturated carbocycles. The molecule has 2 amide bonds. The van der Waals surface area contributed by atoms with Gasteiger partial charge in [0, 0.05) is 24.4 Å². The second-order valence-corrected chi connectivity index (χ2v) is 10.0. The predicted molar refractivity (Wildman–Crippen MR) is 145 cm³/mol. The molecule has 194 valence electrons. The number of hydrogen-bond acceptors (Lipinski definition) is 5. The number of aromatic nitrogens is 1. The summed E-state index contributed by atoms with van der Waals surface area (Å²) in [6.45, 7) is 8.67. The fourth-order valence-corrected chi connectivity index (χ4v) is 3.98. The summed E-state index contributed by atoms with van der Waals surface area (Å²) >= 11 is 0. The minimum atomic E-state index is -0.564. The Morgan fingerprint density at radius 3 is 2.54 bits per heavy atom. The van der Waals surface area contributed by atoms with Gasteiger partial charge in [-0.05, 0) is 62.9 Å². The molecule has 1 N–H and O–H groups in total. The van der Waals surface area contributed by atoms with E-state index in [1.807, 2.05) is 56.3 Å². The molecule has 0 radical (unpaired) electrons. The minimum absolute atomic E-state index is 0.0717. The van der Waals surface area contributed by atoms with E-state index in [0.29, 0.717) is 24.7 Å². The van der Waals surface area contributed by atoms with Crippen molar-refractivity contribution in [2.75, 3.05) is 24.6 Å². The number of urea groups is 1. The molecule has 1 aliphatic heterocycles. The third kappa shape index (κ3) is 6.47. The molecular weight excluding hydrogens is 466 g/mol. The summed E-state index contributed by atoms with van der Waals surface area (Å²) in [5.41, 5.74) is 3.22. The summed E-state index contributed by atoms with van der Waals surface area (Å²) in [6.07, 6.45) is 3.23. The molecule has 7 heteroatoms. The van der Waals surface area contributed by atoms with Crippen LogP contribution in [-0.2, 0) is 11.2 Å². The fourth-order valence-electron chi connectivity index (χ4n) is 3.98. The van der Waals surface area contributed by atoms with Crippen LogP contribution in [0.5, 0.6) is 11.6 Å². The Morgan fingerprint density at radius 1 is 1.11 bits per heavy atom. The molecule has 2 heterocycles. The van der Waals surface area contributed by atoms with Gasteiger partial charge in [0.15, 0.2) is 0 Å². The molecular formula is C30H35N3O4. The maximum absolute atomic E-state index is 13.1. The van der Waals surface area contributed by atoms with Crippen LogP contribution in [-0.4, -0.2) is 42.6 Å². The number of ether oxygens (including phenoxy) is 2. The number of hydrogen-bond donors (Lipinski definition) is 1. The number of carbonyl (C=O) groups excluding carboxylic acids is 2. The van der Waals surface area contributed by atoms with Crippen molar-refractivity contribution in [2.45, 2.75) is 46.6 Å². The normalized spacial score (nSPS) is 14.9. The van der Waals surface area contributed by atoms with Crippen molar-refractivity contribution in [3.05, 3.63) is 72.4 Å². The van der Waals surface area contributed by atoms with Crippen LogP contribution in [0.15, 0.2) is 66.9 Å². The third-order valence-electron chi connectivity index (χ3n) is 6.77. The average Bonchev–Trinajstić information content (AvgIpc) is 2.91. The lowest BCUT2D eigenvalue weighted by atomic mass is 9.90. The van der Waals surface area contributed by atoms with E-state index in [0.717, 1.165) is 29.7 Å². The molecule has 0 bridgehead atoms. The van der Waals surface area contributed by atoms with E-state index < -0.39 is 5.41 Å². The largest absolute Gasteiger partial charge is 0.486 e. The average molecular weight is 502 g/mol. The molecule has 1 aromatic heterocycles. The van der Waals surface area contributed by atoms with Gasteiger partial charge in [-0.3, -0.25) is 9.69 Å². The van der Waals surface area contributed by atoms with Crippen molar-refractivity contribution in [3.63, 3.8) is 0 Å². The molecule has 37 heavy (non-hydrogen) atoms. The fraction of sp³-hybridized carbons (Fsp3) is 0.367. The Morgan fingerprint density at radius 2 is 1.86 bits per heavy atom. The SMILES string of the molecule is CCC1CN(C(=O)NCCc2ccccc2)c2ccc(-c3ccc(OCC(C)(C)C(C)=O)nc3)cc2O1. The number of carbonyl (C=O) groups is 2. The number of pyridine rings is 1. The first-order chi connectivity index (χ1) is 17.8. The third-order valence-corrected chi connectivity index (χ3v) is 6.77. The maximum Gasteiger partial charge on any atom is 0.322 e. The van der Waals surface area contributed by atoms with Crippen LogP contribution in [0.2, 0.25) is 0 Å². The van der Waals surface area contributed by atoms with Gasteiger partial charge in [-0.2, -0.15) is 0 Å². The van der Waals surface area contributed by atoms with Crippen LogP contribution in [0.3, 0.4) is 0 Å². The van der Waals surface area contributed by atoms with Gasteiger partial charge in [0.05, 0.1) is 17.6 Å². The van der Waals surface area contributed by atoms with Crippen molar-refractivity contribution >= 4 is 17.5 Å². The molecule has 0 aliphatic carbocycles. The summed E-state index contributed by atoms with van der Waals surface area (Å²) in [4.78, 5) is 31.0. The zero-order valence-corrected chi connectivity index (χ0v) is 22.0. The van der Waals surface area contributed by atoms with Gasteiger partial charge < -0.3 is 14.8 Å². The Bertz CT molecular complexity index is 1230. The van der Waals surface area contributed by atoms with Gasteiger partial charge in [-0.25, -0.2) is 9.78 Å². The number of ketones is 1. The monoisotopic (exact) mass is 501 g/mol. The predicted octanol–water partition coefficient (Wildman–Crippen LogP) is 5.67. The second kappa shape index (κ2) is 11.5. The first kappa shape index (κ1) is 26.2. The number of amides is 2. The summed E-state index contributed by atoms with van der Waals surface area (Å²) in [6, 6.07) is 19.6. The maximum atomic E-state index is 13.1. The summed E-state index contributed by atoms with van der Waals surface area (Å²) in [7, 11) is 0. The molecule has 0 fully saturated rings. The highest BCUT2D eigenvalue weighted by Gasteiger charge is 2.29. The zero-order valence-electron chi connectivity index (χ0n) is 22.0. The zero-order chi connectivity index (χ0) is 26.4. The van der Waals surface area contributed by atoms with Gasteiger partial charge in [0.2, 0.25) is 5.88 Å². The second-order valence-electron chi connectivity index (χ2n) is 10.0. The number of benzene rings is 2. The minimum Gasteiger partial charge on any atom is -0.486 e. The van der Waals surface area contributed by atoms with Crippen LogP contribution >= 0.6 is 0 Å². The summed E-state index contributed by atoms with van der Waals surface area (Å²) < 4.78 is 12.0. The summed E-state index contributed by atoms with van der Waals surface area (Å²) in [5, 5.41) is 3.05. The van der Waals surface area contributed by atoms with Crippen LogP contribution in [0.4, 0.5) is 10.5 Å². The van der Waals surface area contributed by atoms with Crippen molar-refractivity contribution in [1.29, 1.82) is 0 Å². The number of anilines is 1. The Hall–Kier alpha value is -3.87. The van der Waals surface area contributed by atoms with Crippen molar-refractivity contribution in [3.8, 4) is 22.8 Å². The van der Waals surface area contributed by atoms with Gasteiger partial charge >= 0.3 is 6.03 Å². The van der Waals surface area contributed by atoms with Crippen LogP contribution < -0.4 is 19.7 Å². The van der Waals surface area contributed by atoms with Gasteiger partial charge in [0.25, 0.3) is 0 Å². The van der Waals surface area contributed by atoms with E-state index in [9.17, 15) is 9.59 Å². The van der Waals surface area contributed by atoms with Crippen molar-refractivity contribution < 1.29 is 19.1 Å². The highest BCUT2D eigenvalue weighted by atomic mass is 16.5. The van der Waals surface area contributed by atoms with Crippen LogP contribution in [0, 0.1) is 5.41 Å². The number of rotatable bonds is 9. The smallest absolute Gasteiger partial charge is 0.322 e. The lowest BCUT2D eigenvalue weighted by Gasteiger charge is -2.35. The molecule has 2 aromatic carbocycles. The quantitative estimate of drug-likeness (QED) is 0.408. The molecule has 1 atom stereocenters. The molecule has 0 saturated heterocycles. The molecule has 1 unspecified atom stereocenters. The Kier molecular flexibility index (Phi) is 8.11. The standard InChI is InChI=1S/C30H35N3O4/c1-5-25-19-33(29(35)31-16-15-22-9-7-6-8-10-22)26-13-11-23(17-27(26)37-25)24-12-14-28(32-18-24)36-20-30(3,4)21(2)34/h6-14,17-18,25H,5,15-16,19-20H2,1-4H3,(H,31,35). The van der Waals surface area contributed by atoms with Gasteiger partial charge in [-0.15, -0.1) is 0 Å². The van der Waals surface area contributed by atoms with Crippen molar-refractivity contribution in [1.82, 2.24) is 10.3 Å². The molecule has 3 aromatic rings. The number of nitrogens with zero attached hydrogens (tertiary/aromatic N) is 2. The number of Topliss-reactive ketones (excluding diaryl/α,β-unsaturated/α-hetero) is 1. The first-order valence-corrected chi connectivity index (χ1v) is 12.8. The Balaban J connectivity index is 1.45. The van der Waals surface area contributed by atoms with E-state index >= 15 is 0 Å². The Labute approximate surface area is 218 Å². The van der Waals surface area contributed by atoms with E-state index in [2.05, 4.69) is 29.4 Å². The van der Waals surface area contributed by atoms with E-state index in [1.54, 1.807) is 24.1 Å². The van der Waals surface area contributed by atoms with Crippen molar-refractivity contribution in [2.24, 2.45) is 5.41 Å². The summed E-state index contributed by atoms with van der Waals surface area (Å²) in [5.74, 6) is 1.22. The van der Waals surface area contributed by atoms with Gasteiger partial charge in [0.1, 0.15) is 24.2 Å². The van der Waals surface area contributed by atoms with E-state index in [1.165, 1.54) is 5.56 Å². The molecule has 1 aliphatic rings. The number of fused-ring (bicyclic) bond motifs is 1. The molecule has 7 nitrogen and oxygen atoms in total. The van der Waals surface area contributed by atoms with Crippen LogP contribution in [0.25, 0.3) is 11.1 Å². The molecule has 4 rings (SSSR count). The lowest BCUT2D eigenvalue weighted by Crippen LogP contribution is -2.48. The highest BCUT2D eigenvalue weighted by Crippen LogP contribution is 2.37. The number of nitrogens with one attached hydrogen (secondary N) is 1.